The molecule has 0 radical (unpaired) electrons. The molecule has 2 aromatic rings. The van der Waals surface area contributed by atoms with Crippen LogP contribution in [0.4, 0.5) is 0 Å². The molecule has 0 spiro atoms. The van der Waals surface area contributed by atoms with E-state index in [4.69, 9.17) is 0 Å². The zero-order valence-corrected chi connectivity index (χ0v) is 11.4. The predicted octanol–water partition coefficient (Wildman–Crippen LogP) is 1.44. The molecule has 0 fully saturated rings. The van der Waals surface area contributed by atoms with Crippen LogP contribution in [0.5, 0.6) is 0 Å². The van der Waals surface area contributed by atoms with Crippen molar-refractivity contribution in [2.24, 2.45) is 0 Å². The second-order valence-electron chi connectivity index (χ2n) is 4.68. The molecule has 5 nitrogen and oxygen atoms in total. The van der Waals surface area contributed by atoms with E-state index in [0.717, 1.165) is 11.1 Å². The maximum absolute atomic E-state index is 11.9. The Morgan fingerprint density at radius 3 is 2.33 bits per heavy atom. The Labute approximate surface area is 122 Å². The number of carbonyl (C=O) groups excluding carboxylic acids is 1. The number of hydrogen-bond donors (Lipinski definition) is 2. The smallest absolute Gasteiger partial charge is 0.326 e. The molecular weight excluding hydrogens is 268 g/mol. The van der Waals surface area contributed by atoms with Crippen molar-refractivity contribution in [3.63, 3.8) is 0 Å². The lowest BCUT2D eigenvalue weighted by Crippen LogP contribution is -2.43. The summed E-state index contributed by atoms with van der Waals surface area (Å²) in [4.78, 5) is 27.1. The van der Waals surface area contributed by atoms with Gasteiger partial charge in [0.1, 0.15) is 6.04 Å². The molecule has 1 aromatic carbocycles. The first-order chi connectivity index (χ1) is 10.1. The first-order valence-corrected chi connectivity index (χ1v) is 6.60. The van der Waals surface area contributed by atoms with Crippen LogP contribution in [0.3, 0.4) is 0 Å². The minimum atomic E-state index is -1.04. The van der Waals surface area contributed by atoms with Gasteiger partial charge in [-0.2, -0.15) is 0 Å². The number of pyridine rings is 1. The molecule has 0 saturated carbocycles. The number of hydrogen-bond acceptors (Lipinski definition) is 3. The summed E-state index contributed by atoms with van der Waals surface area (Å²) in [6.07, 6.45) is 3.60. The summed E-state index contributed by atoms with van der Waals surface area (Å²) in [6, 6.07) is 11.7. The molecule has 5 heteroatoms. The lowest BCUT2D eigenvalue weighted by Gasteiger charge is -2.14. The Balaban J connectivity index is 1.96. The lowest BCUT2D eigenvalue weighted by atomic mass is 10.1. The van der Waals surface area contributed by atoms with E-state index in [1.807, 2.05) is 30.3 Å². The van der Waals surface area contributed by atoms with Crippen molar-refractivity contribution in [1.29, 1.82) is 0 Å². The number of carbonyl (C=O) groups is 2. The normalized spacial score (nSPS) is 11.6. The molecule has 1 heterocycles. The van der Waals surface area contributed by atoms with Crippen LogP contribution in [0.15, 0.2) is 54.9 Å². The third-order valence-electron chi connectivity index (χ3n) is 3.03. The second kappa shape index (κ2) is 7.19. The van der Waals surface area contributed by atoms with Gasteiger partial charge >= 0.3 is 5.97 Å². The minimum Gasteiger partial charge on any atom is -0.480 e. The van der Waals surface area contributed by atoms with Crippen molar-refractivity contribution < 1.29 is 14.7 Å². The number of nitrogens with one attached hydrogen (secondary N) is 1. The zero-order valence-electron chi connectivity index (χ0n) is 11.4. The van der Waals surface area contributed by atoms with Gasteiger partial charge in [0.15, 0.2) is 0 Å². The van der Waals surface area contributed by atoms with Crippen molar-refractivity contribution in [1.82, 2.24) is 10.3 Å². The van der Waals surface area contributed by atoms with E-state index in [1.165, 1.54) is 0 Å². The maximum Gasteiger partial charge on any atom is 0.326 e. The average Bonchev–Trinajstić information content (AvgIpc) is 2.48. The first kappa shape index (κ1) is 14.7. The van der Waals surface area contributed by atoms with Gasteiger partial charge in [-0.25, -0.2) is 4.79 Å². The Bertz CT molecular complexity index is 599. The molecule has 0 bridgehead atoms. The molecule has 1 aromatic heterocycles. The van der Waals surface area contributed by atoms with Crippen LogP contribution in [0.25, 0.3) is 0 Å². The van der Waals surface area contributed by atoms with Crippen molar-refractivity contribution in [3.05, 3.63) is 66.0 Å². The van der Waals surface area contributed by atoms with Crippen molar-refractivity contribution in [3.8, 4) is 0 Å². The highest BCUT2D eigenvalue weighted by Crippen LogP contribution is 2.04. The number of carboxylic acid groups (broad SMARTS) is 1. The fourth-order valence-corrected chi connectivity index (χ4v) is 1.98. The van der Waals surface area contributed by atoms with Gasteiger partial charge < -0.3 is 10.4 Å². The zero-order chi connectivity index (χ0) is 15.1. The van der Waals surface area contributed by atoms with E-state index in [9.17, 15) is 14.7 Å². The Hall–Kier alpha value is -2.69. The summed E-state index contributed by atoms with van der Waals surface area (Å²) < 4.78 is 0. The van der Waals surface area contributed by atoms with Gasteiger partial charge in [0.25, 0.3) is 0 Å². The van der Waals surface area contributed by atoms with Crippen LogP contribution < -0.4 is 5.32 Å². The maximum atomic E-state index is 11.9. The third-order valence-corrected chi connectivity index (χ3v) is 3.03. The number of carboxylic acids is 1. The Morgan fingerprint density at radius 2 is 1.71 bits per heavy atom. The van der Waals surface area contributed by atoms with Crippen molar-refractivity contribution >= 4 is 11.9 Å². The fourth-order valence-electron chi connectivity index (χ4n) is 1.98. The third kappa shape index (κ3) is 4.72. The van der Waals surface area contributed by atoms with Crippen LogP contribution in [-0.4, -0.2) is 28.0 Å². The molecule has 1 atom stereocenters. The number of aromatic nitrogens is 1. The molecule has 0 unspecified atom stereocenters. The Kier molecular flexibility index (Phi) is 5.04. The van der Waals surface area contributed by atoms with Crippen LogP contribution in [0, 0.1) is 0 Å². The average molecular weight is 284 g/mol. The molecule has 2 rings (SSSR count). The summed E-state index contributed by atoms with van der Waals surface area (Å²) in [5, 5.41) is 11.8. The van der Waals surface area contributed by atoms with Gasteiger partial charge in [0.05, 0.1) is 6.42 Å². The number of nitrogens with zero attached hydrogens (tertiary/aromatic N) is 1. The van der Waals surface area contributed by atoms with Gasteiger partial charge in [0.2, 0.25) is 5.91 Å². The number of benzene rings is 1. The molecular formula is C16H16N2O3. The number of rotatable bonds is 6. The van der Waals surface area contributed by atoms with Gasteiger partial charge in [-0.3, -0.25) is 9.78 Å². The van der Waals surface area contributed by atoms with Crippen LogP contribution >= 0.6 is 0 Å². The molecule has 2 N–H and O–H groups in total. The molecule has 0 aliphatic heterocycles. The van der Waals surface area contributed by atoms with Crippen molar-refractivity contribution in [2.45, 2.75) is 18.9 Å². The van der Waals surface area contributed by atoms with E-state index in [-0.39, 0.29) is 18.7 Å². The number of amides is 1. The van der Waals surface area contributed by atoms with Gasteiger partial charge in [-0.05, 0) is 23.3 Å². The summed E-state index contributed by atoms with van der Waals surface area (Å²) in [5.74, 6) is -1.36. The Morgan fingerprint density at radius 1 is 1.05 bits per heavy atom. The van der Waals surface area contributed by atoms with Crippen LogP contribution in [0.2, 0.25) is 0 Å². The molecule has 0 aliphatic carbocycles. The minimum absolute atomic E-state index is 0.140. The van der Waals surface area contributed by atoms with Crippen LogP contribution in [-0.2, 0) is 22.4 Å². The standard InChI is InChI=1S/C16H16N2O3/c19-15(11-13-6-8-17-9-7-13)18-14(16(20)21)10-12-4-2-1-3-5-12/h1-9,14H,10-11H2,(H,18,19)(H,20,21)/t14-/m1/s1. The highest BCUT2D eigenvalue weighted by atomic mass is 16.4. The lowest BCUT2D eigenvalue weighted by molar-refractivity contribution is -0.141. The summed E-state index contributed by atoms with van der Waals surface area (Å²) in [6.45, 7) is 0. The highest BCUT2D eigenvalue weighted by Gasteiger charge is 2.20. The topological polar surface area (TPSA) is 79.3 Å². The SMILES string of the molecule is O=C(Cc1ccncc1)N[C@H](Cc1ccccc1)C(=O)O. The largest absolute Gasteiger partial charge is 0.480 e. The second-order valence-corrected chi connectivity index (χ2v) is 4.68. The van der Waals surface area contributed by atoms with Crippen LogP contribution in [0.1, 0.15) is 11.1 Å². The summed E-state index contributed by atoms with van der Waals surface area (Å²) >= 11 is 0. The van der Waals surface area contributed by atoms with E-state index in [0.29, 0.717) is 0 Å². The molecule has 21 heavy (non-hydrogen) atoms. The van der Waals surface area contributed by atoms with E-state index >= 15 is 0 Å². The predicted molar refractivity (Wildman–Crippen MR) is 77.7 cm³/mol. The van der Waals surface area contributed by atoms with Gasteiger partial charge in [0, 0.05) is 18.8 Å². The van der Waals surface area contributed by atoms with E-state index in [1.54, 1.807) is 24.5 Å². The summed E-state index contributed by atoms with van der Waals surface area (Å²) in [5.41, 5.74) is 1.67. The van der Waals surface area contributed by atoms with E-state index < -0.39 is 12.0 Å². The first-order valence-electron chi connectivity index (χ1n) is 6.60. The summed E-state index contributed by atoms with van der Waals surface area (Å²) in [7, 11) is 0. The molecule has 0 aliphatic rings. The highest BCUT2D eigenvalue weighted by molar-refractivity contribution is 5.85. The monoisotopic (exact) mass is 284 g/mol. The molecule has 1 amide bonds. The van der Waals surface area contributed by atoms with Gasteiger partial charge in [-0.15, -0.1) is 0 Å². The number of aliphatic carboxylic acids is 1. The molecule has 108 valence electrons. The van der Waals surface area contributed by atoms with Gasteiger partial charge in [-0.1, -0.05) is 30.3 Å². The van der Waals surface area contributed by atoms with E-state index in [2.05, 4.69) is 10.3 Å². The quantitative estimate of drug-likeness (QED) is 0.841. The van der Waals surface area contributed by atoms with Crippen molar-refractivity contribution in [2.75, 3.05) is 0 Å². The fraction of sp³-hybridized carbons (Fsp3) is 0.188. The molecule has 0 saturated heterocycles.